The third-order valence-corrected chi connectivity index (χ3v) is 3.72. The van der Waals surface area contributed by atoms with Crippen LogP contribution in [0.3, 0.4) is 0 Å². The molecule has 96 valence electrons. The molecule has 4 nitrogen and oxygen atoms in total. The van der Waals surface area contributed by atoms with Gasteiger partial charge in [-0.3, -0.25) is 5.10 Å². The lowest BCUT2D eigenvalue weighted by molar-refractivity contribution is 0.196. The first-order chi connectivity index (χ1) is 8.58. The maximum absolute atomic E-state index is 13.5. The van der Waals surface area contributed by atoms with Gasteiger partial charge in [0.1, 0.15) is 5.82 Å². The van der Waals surface area contributed by atoms with Gasteiger partial charge in [-0.1, -0.05) is 30.8 Å². The van der Waals surface area contributed by atoms with Gasteiger partial charge in [-0.15, -0.1) is 5.10 Å². The fraction of sp³-hybridized carbons (Fsp3) is 0.333. The van der Waals surface area contributed by atoms with Gasteiger partial charge in [0.05, 0.1) is 11.7 Å². The minimum Gasteiger partial charge on any atom is -0.392 e. The number of nitrogens with one attached hydrogen (secondary N) is 1. The van der Waals surface area contributed by atoms with Gasteiger partial charge in [-0.25, -0.2) is 9.37 Å². The molecule has 0 bridgehead atoms. The SMILES string of the molecule is CC(O)C(C)Sc1n[nH]c(-c2ccccc2F)n1. The Morgan fingerprint density at radius 2 is 2.06 bits per heavy atom. The second-order valence-electron chi connectivity index (χ2n) is 4.01. The molecule has 0 aliphatic heterocycles. The van der Waals surface area contributed by atoms with Crippen LogP contribution in [0, 0.1) is 5.82 Å². The summed E-state index contributed by atoms with van der Waals surface area (Å²) in [5.41, 5.74) is 0.390. The van der Waals surface area contributed by atoms with Gasteiger partial charge >= 0.3 is 0 Å². The first-order valence-corrected chi connectivity index (χ1v) is 6.48. The highest BCUT2D eigenvalue weighted by molar-refractivity contribution is 7.99. The maximum Gasteiger partial charge on any atom is 0.209 e. The first-order valence-electron chi connectivity index (χ1n) is 5.60. The highest BCUT2D eigenvalue weighted by Crippen LogP contribution is 2.25. The van der Waals surface area contributed by atoms with E-state index in [-0.39, 0.29) is 11.1 Å². The Labute approximate surface area is 109 Å². The second-order valence-corrected chi connectivity index (χ2v) is 5.35. The molecule has 1 aromatic carbocycles. The van der Waals surface area contributed by atoms with Crippen molar-refractivity contribution in [1.29, 1.82) is 0 Å². The number of H-pyrrole nitrogens is 1. The highest BCUT2D eigenvalue weighted by Gasteiger charge is 2.15. The molecule has 1 heterocycles. The van der Waals surface area contributed by atoms with Crippen LogP contribution >= 0.6 is 11.8 Å². The summed E-state index contributed by atoms with van der Waals surface area (Å²) in [5, 5.41) is 16.6. The number of benzene rings is 1. The van der Waals surface area contributed by atoms with E-state index < -0.39 is 6.10 Å². The van der Waals surface area contributed by atoms with Crippen LogP contribution in [0.5, 0.6) is 0 Å². The predicted octanol–water partition coefficient (Wildman–Crippen LogP) is 2.47. The van der Waals surface area contributed by atoms with E-state index in [1.807, 2.05) is 6.92 Å². The van der Waals surface area contributed by atoms with Gasteiger partial charge in [0.25, 0.3) is 0 Å². The fourth-order valence-corrected chi connectivity index (χ4v) is 2.11. The molecule has 2 atom stereocenters. The Kier molecular flexibility index (Phi) is 3.98. The van der Waals surface area contributed by atoms with Gasteiger partial charge in [-0.05, 0) is 19.1 Å². The lowest BCUT2D eigenvalue weighted by atomic mass is 10.2. The normalized spacial score (nSPS) is 14.4. The van der Waals surface area contributed by atoms with E-state index in [9.17, 15) is 9.50 Å². The molecular formula is C12H14FN3OS. The number of hydrogen-bond donors (Lipinski definition) is 2. The van der Waals surface area contributed by atoms with Gasteiger partial charge < -0.3 is 5.11 Å². The molecule has 0 amide bonds. The number of halogens is 1. The minimum absolute atomic E-state index is 0.0192. The van der Waals surface area contributed by atoms with E-state index in [1.165, 1.54) is 17.8 Å². The quantitative estimate of drug-likeness (QED) is 0.835. The zero-order valence-corrected chi connectivity index (χ0v) is 10.9. The van der Waals surface area contributed by atoms with Crippen LogP contribution in [-0.2, 0) is 0 Å². The van der Waals surface area contributed by atoms with Crippen molar-refractivity contribution in [2.24, 2.45) is 0 Å². The number of hydrogen-bond acceptors (Lipinski definition) is 4. The summed E-state index contributed by atoms with van der Waals surface area (Å²) in [5.74, 6) is 0.0576. The van der Waals surface area contributed by atoms with Crippen molar-refractivity contribution >= 4 is 11.8 Å². The third kappa shape index (κ3) is 2.88. The number of nitrogens with zero attached hydrogens (tertiary/aromatic N) is 2. The van der Waals surface area contributed by atoms with Gasteiger partial charge in [0, 0.05) is 5.25 Å². The van der Waals surface area contributed by atoms with E-state index >= 15 is 0 Å². The molecule has 2 unspecified atom stereocenters. The summed E-state index contributed by atoms with van der Waals surface area (Å²) in [6.07, 6.45) is -0.453. The molecule has 1 aromatic heterocycles. The smallest absolute Gasteiger partial charge is 0.209 e. The lowest BCUT2D eigenvalue weighted by Gasteiger charge is -2.10. The number of thioether (sulfide) groups is 1. The molecule has 0 saturated carbocycles. The Hall–Kier alpha value is -1.40. The molecular weight excluding hydrogens is 253 g/mol. The van der Waals surface area contributed by atoms with Crippen molar-refractivity contribution in [3.63, 3.8) is 0 Å². The van der Waals surface area contributed by atoms with Crippen molar-refractivity contribution in [3.05, 3.63) is 30.1 Å². The molecule has 0 fully saturated rings. The zero-order chi connectivity index (χ0) is 13.1. The van der Waals surface area contributed by atoms with Crippen molar-refractivity contribution in [2.45, 2.75) is 30.4 Å². The van der Waals surface area contributed by atoms with Crippen LogP contribution in [-0.4, -0.2) is 31.6 Å². The Morgan fingerprint density at radius 1 is 1.33 bits per heavy atom. The Morgan fingerprint density at radius 3 is 2.72 bits per heavy atom. The fourth-order valence-electron chi connectivity index (χ4n) is 1.34. The average Bonchev–Trinajstić information content (AvgIpc) is 2.77. The summed E-state index contributed by atoms with van der Waals surface area (Å²) in [6, 6.07) is 6.39. The highest BCUT2D eigenvalue weighted by atomic mass is 32.2. The van der Waals surface area contributed by atoms with Crippen molar-refractivity contribution in [2.75, 3.05) is 0 Å². The average molecular weight is 267 g/mol. The van der Waals surface area contributed by atoms with E-state index in [0.29, 0.717) is 16.5 Å². The van der Waals surface area contributed by atoms with Gasteiger partial charge in [-0.2, -0.15) is 0 Å². The van der Waals surface area contributed by atoms with Crippen molar-refractivity contribution < 1.29 is 9.50 Å². The monoisotopic (exact) mass is 267 g/mol. The molecule has 18 heavy (non-hydrogen) atoms. The number of aromatic amines is 1. The lowest BCUT2D eigenvalue weighted by Crippen LogP contribution is -2.15. The Balaban J connectivity index is 2.18. The van der Waals surface area contributed by atoms with Gasteiger partial charge in [0.2, 0.25) is 5.16 Å². The van der Waals surface area contributed by atoms with Crippen molar-refractivity contribution in [1.82, 2.24) is 15.2 Å². The third-order valence-electron chi connectivity index (χ3n) is 2.56. The minimum atomic E-state index is -0.453. The molecule has 0 aliphatic carbocycles. The molecule has 0 saturated heterocycles. The molecule has 2 aromatic rings. The zero-order valence-electron chi connectivity index (χ0n) is 10.1. The van der Waals surface area contributed by atoms with Crippen LogP contribution in [0.25, 0.3) is 11.4 Å². The molecule has 2 N–H and O–H groups in total. The summed E-state index contributed by atoms with van der Waals surface area (Å²) in [6.45, 7) is 3.59. The second kappa shape index (κ2) is 5.49. The van der Waals surface area contributed by atoms with Crippen LogP contribution in [0.2, 0.25) is 0 Å². The maximum atomic E-state index is 13.5. The number of aliphatic hydroxyl groups is 1. The van der Waals surface area contributed by atoms with Crippen LogP contribution in [0.4, 0.5) is 4.39 Å². The van der Waals surface area contributed by atoms with Gasteiger partial charge in [0.15, 0.2) is 5.82 Å². The van der Waals surface area contributed by atoms with E-state index in [0.717, 1.165) is 0 Å². The van der Waals surface area contributed by atoms with E-state index in [1.54, 1.807) is 25.1 Å². The summed E-state index contributed by atoms with van der Waals surface area (Å²) in [4.78, 5) is 4.21. The number of aromatic nitrogens is 3. The van der Waals surface area contributed by atoms with Crippen LogP contribution in [0.15, 0.2) is 29.4 Å². The van der Waals surface area contributed by atoms with E-state index in [2.05, 4.69) is 15.2 Å². The van der Waals surface area contributed by atoms with E-state index in [4.69, 9.17) is 0 Å². The Bertz CT molecular complexity index is 530. The topological polar surface area (TPSA) is 61.8 Å². The van der Waals surface area contributed by atoms with Crippen molar-refractivity contribution in [3.8, 4) is 11.4 Å². The molecule has 0 aliphatic rings. The largest absolute Gasteiger partial charge is 0.392 e. The number of aliphatic hydroxyl groups excluding tert-OH is 1. The number of rotatable bonds is 4. The molecule has 0 spiro atoms. The molecule has 2 rings (SSSR count). The summed E-state index contributed by atoms with van der Waals surface area (Å²) in [7, 11) is 0. The van der Waals surface area contributed by atoms with Crippen LogP contribution < -0.4 is 0 Å². The molecule has 6 heteroatoms. The van der Waals surface area contributed by atoms with Crippen LogP contribution in [0.1, 0.15) is 13.8 Å². The molecule has 0 radical (unpaired) electrons. The predicted molar refractivity (Wildman–Crippen MR) is 68.8 cm³/mol. The first kappa shape index (κ1) is 13.0. The summed E-state index contributed by atoms with van der Waals surface area (Å²) >= 11 is 1.35. The standard InChI is InChI=1S/C12H14FN3OS/c1-7(17)8(2)18-12-14-11(15-16-12)9-5-3-4-6-10(9)13/h3-8,17H,1-2H3,(H,14,15,16). The summed E-state index contributed by atoms with van der Waals surface area (Å²) < 4.78 is 13.5.